The Morgan fingerprint density at radius 1 is 1.35 bits per heavy atom. The molecule has 0 radical (unpaired) electrons. The van der Waals surface area contributed by atoms with Gasteiger partial charge in [0.15, 0.2) is 0 Å². The summed E-state index contributed by atoms with van der Waals surface area (Å²) in [5.74, 6) is 1.32. The molecule has 2 unspecified atom stereocenters. The largest absolute Gasteiger partial charge is 0.380 e. The van der Waals surface area contributed by atoms with E-state index < -0.39 is 0 Å². The van der Waals surface area contributed by atoms with Gasteiger partial charge in [0, 0.05) is 25.7 Å². The Bertz CT molecular complexity index is 188. The molecule has 0 bridgehead atoms. The third-order valence-corrected chi connectivity index (χ3v) is 3.29. The maximum absolute atomic E-state index is 5.97. The average molecular weight is 265 g/mol. The molecule has 0 aromatic carbocycles. The van der Waals surface area contributed by atoms with Crippen LogP contribution in [0.4, 0.5) is 0 Å². The second-order valence-corrected chi connectivity index (χ2v) is 5.53. The topological polar surface area (TPSA) is 38.5 Å². The molecule has 1 aliphatic rings. The fourth-order valence-electron chi connectivity index (χ4n) is 2.24. The number of nitrogens with zero attached hydrogens (tertiary/aromatic N) is 1. The van der Waals surface area contributed by atoms with E-state index in [2.05, 4.69) is 25.7 Å². The molecule has 0 amide bonds. The van der Waals surface area contributed by atoms with Gasteiger partial charge in [-0.1, -0.05) is 13.8 Å². The van der Waals surface area contributed by atoms with Gasteiger partial charge in [-0.15, -0.1) is 12.4 Å². The summed E-state index contributed by atoms with van der Waals surface area (Å²) in [7, 11) is 0. The van der Waals surface area contributed by atoms with Crippen molar-refractivity contribution in [2.75, 3.05) is 32.8 Å². The normalized spacial score (nSPS) is 23.5. The fourth-order valence-corrected chi connectivity index (χ4v) is 2.24. The van der Waals surface area contributed by atoms with Crippen LogP contribution in [0.1, 0.15) is 33.6 Å². The Labute approximate surface area is 112 Å². The Morgan fingerprint density at radius 3 is 2.65 bits per heavy atom. The lowest BCUT2D eigenvalue weighted by Crippen LogP contribution is -2.43. The van der Waals surface area contributed by atoms with Gasteiger partial charge in [-0.3, -0.25) is 0 Å². The van der Waals surface area contributed by atoms with E-state index in [1.54, 1.807) is 0 Å². The molecular weight excluding hydrogens is 236 g/mol. The molecular formula is C13H29ClN2O. The lowest BCUT2D eigenvalue weighted by Gasteiger charge is -2.34. The smallest absolute Gasteiger partial charge is 0.0593 e. The minimum atomic E-state index is 0. The van der Waals surface area contributed by atoms with Crippen molar-refractivity contribution in [3.05, 3.63) is 0 Å². The predicted octanol–water partition coefficient (Wildman–Crippen LogP) is 2.14. The van der Waals surface area contributed by atoms with Crippen LogP contribution in [-0.2, 0) is 4.74 Å². The molecule has 2 N–H and O–H groups in total. The molecule has 0 aromatic rings. The van der Waals surface area contributed by atoms with E-state index in [0.29, 0.717) is 17.9 Å². The molecule has 0 saturated carbocycles. The van der Waals surface area contributed by atoms with Gasteiger partial charge in [0.05, 0.1) is 6.61 Å². The zero-order valence-corrected chi connectivity index (χ0v) is 12.3. The molecule has 1 saturated heterocycles. The maximum Gasteiger partial charge on any atom is 0.0593 e. The number of likely N-dealkylation sites (tertiary alicyclic amines) is 1. The minimum Gasteiger partial charge on any atom is -0.380 e. The predicted molar refractivity (Wildman–Crippen MR) is 75.7 cm³/mol. The van der Waals surface area contributed by atoms with Crippen LogP contribution in [0.2, 0.25) is 0 Å². The van der Waals surface area contributed by atoms with Gasteiger partial charge in [-0.25, -0.2) is 0 Å². The summed E-state index contributed by atoms with van der Waals surface area (Å²) in [4.78, 5) is 2.50. The van der Waals surface area contributed by atoms with Gasteiger partial charge >= 0.3 is 0 Å². The SMILES string of the molecule is CC(C)COCCN1CCCC(C(C)N)C1.Cl. The standard InChI is InChI=1S/C13H28N2O.ClH/c1-11(2)10-16-8-7-15-6-4-5-13(9-15)12(3)14;/h11-13H,4-10,14H2,1-3H3;1H. The van der Waals surface area contributed by atoms with Crippen molar-refractivity contribution < 1.29 is 4.74 Å². The highest BCUT2D eigenvalue weighted by Gasteiger charge is 2.22. The molecule has 2 atom stereocenters. The third-order valence-electron chi connectivity index (χ3n) is 3.29. The summed E-state index contributed by atoms with van der Waals surface area (Å²) in [6.45, 7) is 11.7. The van der Waals surface area contributed by atoms with Crippen LogP contribution >= 0.6 is 12.4 Å². The summed E-state index contributed by atoms with van der Waals surface area (Å²) in [6, 6.07) is 0.333. The van der Waals surface area contributed by atoms with E-state index in [1.807, 2.05) is 0 Å². The van der Waals surface area contributed by atoms with Gasteiger partial charge in [0.1, 0.15) is 0 Å². The number of ether oxygens (including phenoxy) is 1. The Hall–Kier alpha value is 0.170. The van der Waals surface area contributed by atoms with Crippen molar-refractivity contribution in [3.63, 3.8) is 0 Å². The second kappa shape index (κ2) is 9.15. The number of piperidine rings is 1. The van der Waals surface area contributed by atoms with E-state index in [0.717, 1.165) is 26.3 Å². The number of rotatable bonds is 6. The summed E-state index contributed by atoms with van der Waals surface area (Å²) < 4.78 is 5.62. The summed E-state index contributed by atoms with van der Waals surface area (Å²) in [5, 5.41) is 0. The van der Waals surface area contributed by atoms with Crippen LogP contribution < -0.4 is 5.73 Å². The van der Waals surface area contributed by atoms with Gasteiger partial charge in [0.25, 0.3) is 0 Å². The van der Waals surface area contributed by atoms with Gasteiger partial charge in [-0.2, -0.15) is 0 Å². The first-order chi connectivity index (χ1) is 7.59. The van der Waals surface area contributed by atoms with Gasteiger partial charge < -0.3 is 15.4 Å². The van der Waals surface area contributed by atoms with Crippen molar-refractivity contribution in [2.45, 2.75) is 39.7 Å². The molecule has 104 valence electrons. The number of halogens is 1. The first-order valence-corrected chi connectivity index (χ1v) is 6.65. The van der Waals surface area contributed by atoms with Crippen LogP contribution in [0.15, 0.2) is 0 Å². The van der Waals surface area contributed by atoms with Crippen molar-refractivity contribution in [1.82, 2.24) is 4.90 Å². The molecule has 1 heterocycles. The van der Waals surface area contributed by atoms with Crippen molar-refractivity contribution in [3.8, 4) is 0 Å². The van der Waals surface area contributed by atoms with Gasteiger partial charge in [0.2, 0.25) is 0 Å². The van der Waals surface area contributed by atoms with E-state index in [1.165, 1.54) is 19.4 Å². The second-order valence-electron chi connectivity index (χ2n) is 5.53. The number of hydrogen-bond acceptors (Lipinski definition) is 3. The van der Waals surface area contributed by atoms with E-state index in [-0.39, 0.29) is 12.4 Å². The molecule has 17 heavy (non-hydrogen) atoms. The Kier molecular flexibility index (Phi) is 9.24. The molecule has 0 aromatic heterocycles. The van der Waals surface area contributed by atoms with Gasteiger partial charge in [-0.05, 0) is 38.1 Å². The third kappa shape index (κ3) is 7.24. The summed E-state index contributed by atoms with van der Waals surface area (Å²) in [5.41, 5.74) is 5.97. The van der Waals surface area contributed by atoms with Crippen LogP contribution in [-0.4, -0.2) is 43.8 Å². The number of nitrogens with two attached hydrogens (primary N) is 1. The van der Waals surface area contributed by atoms with Crippen LogP contribution in [0.3, 0.4) is 0 Å². The summed E-state index contributed by atoms with van der Waals surface area (Å²) in [6.07, 6.45) is 2.58. The highest BCUT2D eigenvalue weighted by Crippen LogP contribution is 2.18. The van der Waals surface area contributed by atoms with Crippen LogP contribution in [0.25, 0.3) is 0 Å². The van der Waals surface area contributed by atoms with Crippen molar-refractivity contribution in [2.24, 2.45) is 17.6 Å². The first-order valence-electron chi connectivity index (χ1n) is 6.65. The molecule has 4 heteroatoms. The first kappa shape index (κ1) is 17.2. The zero-order valence-electron chi connectivity index (χ0n) is 11.5. The highest BCUT2D eigenvalue weighted by atomic mass is 35.5. The van der Waals surface area contributed by atoms with Crippen LogP contribution in [0, 0.1) is 11.8 Å². The molecule has 0 aliphatic carbocycles. The quantitative estimate of drug-likeness (QED) is 0.747. The Balaban J connectivity index is 0.00000256. The lowest BCUT2D eigenvalue weighted by atomic mass is 9.92. The van der Waals surface area contributed by atoms with Crippen molar-refractivity contribution >= 4 is 12.4 Å². The molecule has 1 rings (SSSR count). The molecule has 1 aliphatic heterocycles. The van der Waals surface area contributed by atoms with Crippen LogP contribution in [0.5, 0.6) is 0 Å². The van der Waals surface area contributed by atoms with Crippen molar-refractivity contribution in [1.29, 1.82) is 0 Å². The summed E-state index contributed by atoms with van der Waals surface area (Å²) >= 11 is 0. The Morgan fingerprint density at radius 2 is 2.06 bits per heavy atom. The zero-order chi connectivity index (χ0) is 12.0. The molecule has 1 fully saturated rings. The average Bonchev–Trinajstić information content (AvgIpc) is 2.24. The monoisotopic (exact) mass is 264 g/mol. The maximum atomic E-state index is 5.97. The van der Waals surface area contributed by atoms with E-state index >= 15 is 0 Å². The lowest BCUT2D eigenvalue weighted by molar-refractivity contribution is 0.0687. The fraction of sp³-hybridized carbons (Fsp3) is 1.00. The minimum absolute atomic E-state index is 0. The van der Waals surface area contributed by atoms with E-state index in [4.69, 9.17) is 10.5 Å². The highest BCUT2D eigenvalue weighted by molar-refractivity contribution is 5.85. The molecule has 3 nitrogen and oxygen atoms in total. The number of hydrogen-bond donors (Lipinski definition) is 1. The molecule has 0 spiro atoms. The van der Waals surface area contributed by atoms with E-state index in [9.17, 15) is 0 Å².